The average molecular weight is 398 g/mol. The molecule has 144 valence electrons. The largest absolute Gasteiger partial charge is 0.295 e. The van der Waals surface area contributed by atoms with Crippen LogP contribution in [0.25, 0.3) is 11.3 Å². The van der Waals surface area contributed by atoms with Crippen LogP contribution in [0.5, 0.6) is 0 Å². The highest BCUT2D eigenvalue weighted by atomic mass is 32.2. The molecule has 0 bridgehead atoms. The van der Waals surface area contributed by atoms with Gasteiger partial charge in [0.25, 0.3) is 5.56 Å². The van der Waals surface area contributed by atoms with E-state index in [1.165, 1.54) is 41.9 Å². The van der Waals surface area contributed by atoms with Crippen LogP contribution in [-0.4, -0.2) is 35.5 Å². The predicted octanol–water partition coefficient (Wildman–Crippen LogP) is 1.49. The van der Waals surface area contributed by atoms with Crippen molar-refractivity contribution < 1.29 is 13.2 Å². The van der Waals surface area contributed by atoms with Crippen molar-refractivity contribution in [3.63, 3.8) is 0 Å². The van der Waals surface area contributed by atoms with E-state index in [0.717, 1.165) is 5.56 Å². The lowest BCUT2D eigenvalue weighted by atomic mass is 10.2. The molecule has 0 atom stereocenters. The summed E-state index contributed by atoms with van der Waals surface area (Å²) in [6, 6.07) is 12.2. The number of pyridine rings is 1. The van der Waals surface area contributed by atoms with Gasteiger partial charge in [0.15, 0.2) is 5.78 Å². The standard InChI is InChI=1S/C19H18N4O4S/c1-14(24)15-4-6-17(7-5-15)28(26,27)21-11-12-23-19(25)9-8-18(22-23)16-3-2-10-20-13-16/h2-10,13,21H,11-12H2,1H3. The van der Waals surface area contributed by atoms with Gasteiger partial charge in [0.05, 0.1) is 17.1 Å². The quantitative estimate of drug-likeness (QED) is 0.604. The van der Waals surface area contributed by atoms with Crippen molar-refractivity contribution in [2.24, 2.45) is 0 Å². The number of rotatable bonds is 7. The molecule has 0 amide bonds. The Morgan fingerprint density at radius 3 is 2.50 bits per heavy atom. The van der Waals surface area contributed by atoms with E-state index in [1.807, 2.05) is 6.07 Å². The summed E-state index contributed by atoms with van der Waals surface area (Å²) in [4.78, 5) is 27.4. The number of carbonyl (C=O) groups excluding carboxylic acids is 1. The summed E-state index contributed by atoms with van der Waals surface area (Å²) in [6.07, 6.45) is 3.27. The Balaban J connectivity index is 1.70. The van der Waals surface area contributed by atoms with Crippen LogP contribution in [0.15, 0.2) is 70.6 Å². The van der Waals surface area contributed by atoms with Crippen molar-refractivity contribution >= 4 is 15.8 Å². The van der Waals surface area contributed by atoms with Crippen molar-refractivity contribution in [3.8, 4) is 11.3 Å². The van der Waals surface area contributed by atoms with Gasteiger partial charge in [-0.1, -0.05) is 12.1 Å². The van der Waals surface area contributed by atoms with Gasteiger partial charge < -0.3 is 0 Å². The van der Waals surface area contributed by atoms with E-state index < -0.39 is 10.0 Å². The molecular weight excluding hydrogens is 380 g/mol. The molecule has 0 fully saturated rings. The van der Waals surface area contributed by atoms with Gasteiger partial charge in [0.1, 0.15) is 0 Å². The third kappa shape index (κ3) is 4.56. The Morgan fingerprint density at radius 2 is 1.86 bits per heavy atom. The van der Waals surface area contributed by atoms with E-state index in [-0.39, 0.29) is 29.3 Å². The van der Waals surface area contributed by atoms with Crippen LogP contribution in [0.1, 0.15) is 17.3 Å². The topological polar surface area (TPSA) is 111 Å². The number of carbonyl (C=O) groups is 1. The van der Waals surface area contributed by atoms with Gasteiger partial charge >= 0.3 is 0 Å². The van der Waals surface area contributed by atoms with Gasteiger partial charge in [-0.25, -0.2) is 17.8 Å². The lowest BCUT2D eigenvalue weighted by Crippen LogP contribution is -2.32. The summed E-state index contributed by atoms with van der Waals surface area (Å²) in [5.41, 5.74) is 1.41. The van der Waals surface area contributed by atoms with Gasteiger partial charge in [0.2, 0.25) is 10.0 Å². The normalized spacial score (nSPS) is 11.3. The number of ketones is 1. The molecule has 1 aromatic carbocycles. The fraction of sp³-hybridized carbons (Fsp3) is 0.158. The first-order chi connectivity index (χ1) is 13.4. The molecule has 0 spiro atoms. The average Bonchev–Trinajstić information content (AvgIpc) is 2.70. The molecule has 0 saturated carbocycles. The molecular formula is C19H18N4O4S. The van der Waals surface area contributed by atoms with Gasteiger partial charge in [-0.15, -0.1) is 0 Å². The highest BCUT2D eigenvalue weighted by Gasteiger charge is 2.14. The number of sulfonamides is 1. The Hall–Kier alpha value is -3.17. The van der Waals surface area contributed by atoms with Gasteiger partial charge in [0, 0.05) is 36.1 Å². The third-order valence-corrected chi connectivity index (χ3v) is 5.49. The first-order valence-electron chi connectivity index (χ1n) is 8.46. The van der Waals surface area contributed by atoms with Crippen LogP contribution in [0.2, 0.25) is 0 Å². The monoisotopic (exact) mass is 398 g/mol. The molecule has 0 unspecified atom stereocenters. The second kappa shape index (κ2) is 8.24. The fourth-order valence-electron chi connectivity index (χ4n) is 2.52. The number of aromatic nitrogens is 3. The predicted molar refractivity (Wildman–Crippen MR) is 103 cm³/mol. The second-order valence-corrected chi connectivity index (χ2v) is 7.77. The molecule has 0 aliphatic carbocycles. The molecule has 2 aromatic heterocycles. The van der Waals surface area contributed by atoms with E-state index in [0.29, 0.717) is 11.3 Å². The molecule has 3 rings (SSSR count). The number of benzene rings is 1. The third-order valence-electron chi connectivity index (χ3n) is 4.01. The summed E-state index contributed by atoms with van der Waals surface area (Å²) in [5.74, 6) is -0.143. The molecule has 0 aliphatic rings. The highest BCUT2D eigenvalue weighted by molar-refractivity contribution is 7.89. The summed E-state index contributed by atoms with van der Waals surface area (Å²) < 4.78 is 28.4. The highest BCUT2D eigenvalue weighted by Crippen LogP contribution is 2.13. The van der Waals surface area contributed by atoms with E-state index in [2.05, 4.69) is 14.8 Å². The van der Waals surface area contributed by atoms with Crippen LogP contribution in [0.4, 0.5) is 0 Å². The Morgan fingerprint density at radius 1 is 1.11 bits per heavy atom. The maximum atomic E-state index is 12.4. The molecule has 8 nitrogen and oxygen atoms in total. The summed E-state index contributed by atoms with van der Waals surface area (Å²) in [6.45, 7) is 1.46. The minimum Gasteiger partial charge on any atom is -0.295 e. The minimum atomic E-state index is -3.76. The molecule has 2 heterocycles. The van der Waals surface area contributed by atoms with Crippen molar-refractivity contribution in [1.82, 2.24) is 19.5 Å². The SMILES string of the molecule is CC(=O)c1ccc(S(=O)(=O)NCCn2nc(-c3cccnc3)ccc2=O)cc1. The number of nitrogens with zero attached hydrogens (tertiary/aromatic N) is 3. The van der Waals surface area contributed by atoms with Crippen LogP contribution >= 0.6 is 0 Å². The smallest absolute Gasteiger partial charge is 0.266 e. The van der Waals surface area contributed by atoms with Crippen LogP contribution < -0.4 is 10.3 Å². The van der Waals surface area contributed by atoms with Crippen molar-refractivity contribution in [2.45, 2.75) is 18.4 Å². The van der Waals surface area contributed by atoms with E-state index >= 15 is 0 Å². The Labute approximate surface area is 161 Å². The summed E-state index contributed by atoms with van der Waals surface area (Å²) in [7, 11) is -3.76. The zero-order chi connectivity index (χ0) is 20.1. The minimum absolute atomic E-state index is 0.0137. The Bertz CT molecular complexity index is 1140. The number of Topliss-reactive ketones (excluding diaryl/α,β-unsaturated/α-hetero) is 1. The van der Waals surface area contributed by atoms with Crippen LogP contribution in [-0.2, 0) is 16.6 Å². The molecule has 1 N–H and O–H groups in total. The maximum absolute atomic E-state index is 12.4. The lowest BCUT2D eigenvalue weighted by molar-refractivity contribution is 0.101. The fourth-order valence-corrected chi connectivity index (χ4v) is 3.54. The second-order valence-electron chi connectivity index (χ2n) is 6.00. The van der Waals surface area contributed by atoms with Crippen molar-refractivity contribution in [2.75, 3.05) is 6.54 Å². The Kier molecular flexibility index (Phi) is 5.76. The van der Waals surface area contributed by atoms with E-state index in [1.54, 1.807) is 24.5 Å². The van der Waals surface area contributed by atoms with Crippen LogP contribution in [0, 0.1) is 0 Å². The van der Waals surface area contributed by atoms with Crippen molar-refractivity contribution in [1.29, 1.82) is 0 Å². The van der Waals surface area contributed by atoms with Crippen LogP contribution in [0.3, 0.4) is 0 Å². The number of nitrogens with one attached hydrogen (secondary N) is 1. The number of hydrogen-bond acceptors (Lipinski definition) is 6. The van der Waals surface area contributed by atoms with Gasteiger partial charge in [-0.05, 0) is 37.3 Å². The summed E-state index contributed by atoms with van der Waals surface area (Å²) in [5, 5.41) is 4.26. The zero-order valence-corrected chi connectivity index (χ0v) is 15.9. The van der Waals surface area contributed by atoms with E-state index in [9.17, 15) is 18.0 Å². The molecule has 3 aromatic rings. The summed E-state index contributed by atoms with van der Waals surface area (Å²) >= 11 is 0. The molecule has 28 heavy (non-hydrogen) atoms. The molecule has 9 heteroatoms. The molecule has 0 aliphatic heterocycles. The number of hydrogen-bond donors (Lipinski definition) is 1. The molecule has 0 radical (unpaired) electrons. The maximum Gasteiger partial charge on any atom is 0.266 e. The first kappa shape index (κ1) is 19.6. The first-order valence-corrected chi connectivity index (χ1v) is 9.94. The zero-order valence-electron chi connectivity index (χ0n) is 15.1. The molecule has 0 saturated heterocycles. The van der Waals surface area contributed by atoms with Crippen molar-refractivity contribution in [3.05, 3.63) is 76.8 Å². The van der Waals surface area contributed by atoms with Gasteiger partial charge in [-0.3, -0.25) is 14.6 Å². The lowest BCUT2D eigenvalue weighted by Gasteiger charge is -2.09. The van der Waals surface area contributed by atoms with E-state index in [4.69, 9.17) is 0 Å². The van der Waals surface area contributed by atoms with Gasteiger partial charge in [-0.2, -0.15) is 5.10 Å².